The zero-order valence-electron chi connectivity index (χ0n) is 25.8. The molecule has 232 valence electrons. The van der Waals surface area contributed by atoms with Crippen LogP contribution in [0.1, 0.15) is 60.9 Å². The smallest absolute Gasteiger partial charge is 0.407 e. The molecule has 1 N–H and O–H groups in total. The van der Waals surface area contributed by atoms with E-state index in [0.29, 0.717) is 30.5 Å². The molecule has 0 bridgehead atoms. The molecule has 0 aliphatic carbocycles. The maximum absolute atomic E-state index is 14.3. The van der Waals surface area contributed by atoms with Crippen LogP contribution in [0.15, 0.2) is 77.7 Å². The molecule has 1 amide bonds. The Morgan fingerprint density at radius 2 is 1.35 bits per heavy atom. The van der Waals surface area contributed by atoms with Crippen LogP contribution in [0.25, 0.3) is 0 Å². The Hall–Kier alpha value is -3.69. The number of hydrogen-bond donors (Lipinski definition) is 1. The summed E-state index contributed by atoms with van der Waals surface area (Å²) in [6.07, 6.45) is 0.725. The van der Waals surface area contributed by atoms with E-state index < -0.39 is 28.1 Å². The number of sulfonamides is 1. The molecule has 3 rings (SSSR count). The van der Waals surface area contributed by atoms with Gasteiger partial charge in [-0.1, -0.05) is 92.2 Å². The fourth-order valence-corrected chi connectivity index (χ4v) is 7.26. The lowest BCUT2D eigenvalue weighted by atomic mass is 10.1. The summed E-state index contributed by atoms with van der Waals surface area (Å²) in [4.78, 5) is 26.0. The van der Waals surface area contributed by atoms with Crippen molar-refractivity contribution >= 4 is 22.1 Å². The number of rotatable bonds is 15. The van der Waals surface area contributed by atoms with Gasteiger partial charge in [-0.2, -0.15) is 4.31 Å². The second-order valence-corrected chi connectivity index (χ2v) is 13.1. The monoisotopic (exact) mass is 608 g/mol. The molecule has 9 heteroatoms. The molecule has 3 aromatic carbocycles. The maximum Gasteiger partial charge on any atom is 0.407 e. The molecule has 0 spiro atoms. The SMILES string of the molecule is Cc1cc(C)c(S(=O)(=O)N(CC(C)C)[C@@H](CCCCNC(=O)OCc2ccccc2)C(=O)OCc2ccccc2)c(C)c1. The normalized spacial score (nSPS) is 12.3. The van der Waals surface area contributed by atoms with Crippen LogP contribution >= 0.6 is 0 Å². The van der Waals surface area contributed by atoms with Gasteiger partial charge in [0.1, 0.15) is 19.3 Å². The van der Waals surface area contributed by atoms with Crippen molar-refractivity contribution < 1.29 is 27.5 Å². The third-order valence-corrected chi connectivity index (χ3v) is 9.13. The van der Waals surface area contributed by atoms with Crippen LogP contribution in [0.4, 0.5) is 4.79 Å². The third kappa shape index (κ3) is 10.2. The summed E-state index contributed by atoms with van der Waals surface area (Å²) < 4.78 is 40.8. The molecular formula is C34H44N2O6S. The predicted octanol–water partition coefficient (Wildman–Crippen LogP) is 6.47. The lowest BCUT2D eigenvalue weighted by Gasteiger charge is -2.32. The molecule has 1 atom stereocenters. The average Bonchev–Trinajstić information content (AvgIpc) is 2.96. The zero-order valence-corrected chi connectivity index (χ0v) is 26.7. The quantitative estimate of drug-likeness (QED) is 0.157. The highest BCUT2D eigenvalue weighted by Gasteiger charge is 2.38. The molecule has 0 aliphatic rings. The largest absolute Gasteiger partial charge is 0.460 e. The van der Waals surface area contributed by atoms with Gasteiger partial charge in [0.2, 0.25) is 10.0 Å². The van der Waals surface area contributed by atoms with Crippen LogP contribution in [-0.2, 0) is 37.5 Å². The van der Waals surface area contributed by atoms with E-state index in [2.05, 4.69) is 5.32 Å². The van der Waals surface area contributed by atoms with E-state index in [9.17, 15) is 18.0 Å². The van der Waals surface area contributed by atoms with E-state index in [-0.39, 0.29) is 37.0 Å². The molecule has 0 saturated carbocycles. The van der Waals surface area contributed by atoms with Gasteiger partial charge in [-0.25, -0.2) is 13.2 Å². The molecule has 3 aromatic rings. The van der Waals surface area contributed by atoms with Crippen molar-refractivity contribution in [3.05, 3.63) is 101 Å². The minimum absolute atomic E-state index is 0.0358. The maximum atomic E-state index is 14.3. The summed E-state index contributed by atoms with van der Waals surface area (Å²) in [6.45, 7) is 10.0. The Balaban J connectivity index is 1.75. The first-order valence-electron chi connectivity index (χ1n) is 14.7. The molecule has 0 saturated heterocycles. The number of esters is 1. The first-order valence-corrected chi connectivity index (χ1v) is 16.2. The topological polar surface area (TPSA) is 102 Å². The first-order chi connectivity index (χ1) is 20.5. The van der Waals surface area contributed by atoms with Gasteiger partial charge >= 0.3 is 12.1 Å². The van der Waals surface area contributed by atoms with Gasteiger partial charge in [0, 0.05) is 13.1 Å². The van der Waals surface area contributed by atoms with Crippen LogP contribution in [0.3, 0.4) is 0 Å². The number of nitrogens with one attached hydrogen (secondary N) is 1. The molecule has 0 unspecified atom stereocenters. The number of alkyl carbamates (subject to hydrolysis) is 1. The van der Waals surface area contributed by atoms with Crippen molar-refractivity contribution in [3.8, 4) is 0 Å². The fraction of sp³-hybridized carbons (Fsp3) is 0.412. The van der Waals surface area contributed by atoms with E-state index in [0.717, 1.165) is 16.7 Å². The van der Waals surface area contributed by atoms with Crippen molar-refractivity contribution in [2.75, 3.05) is 13.1 Å². The average molecular weight is 609 g/mol. The second-order valence-electron chi connectivity index (χ2n) is 11.3. The Morgan fingerprint density at radius 3 is 1.88 bits per heavy atom. The third-order valence-electron chi connectivity index (χ3n) is 6.95. The highest BCUT2D eigenvalue weighted by molar-refractivity contribution is 7.89. The van der Waals surface area contributed by atoms with Crippen molar-refractivity contribution in [2.45, 2.75) is 78.0 Å². The second kappa shape index (κ2) is 16.2. The number of amides is 1. The van der Waals surface area contributed by atoms with E-state index in [1.54, 1.807) is 13.8 Å². The zero-order chi connectivity index (χ0) is 31.4. The van der Waals surface area contributed by atoms with E-state index in [4.69, 9.17) is 9.47 Å². The predicted molar refractivity (Wildman–Crippen MR) is 168 cm³/mol. The minimum atomic E-state index is -4.05. The molecule has 8 nitrogen and oxygen atoms in total. The van der Waals surface area contributed by atoms with Crippen LogP contribution in [0, 0.1) is 26.7 Å². The highest BCUT2D eigenvalue weighted by Crippen LogP contribution is 2.29. The van der Waals surface area contributed by atoms with Gasteiger partial charge < -0.3 is 14.8 Å². The van der Waals surface area contributed by atoms with Crippen LogP contribution in [0.5, 0.6) is 0 Å². The lowest BCUT2D eigenvalue weighted by molar-refractivity contribution is -0.150. The highest BCUT2D eigenvalue weighted by atomic mass is 32.2. The number of hydrogen-bond acceptors (Lipinski definition) is 6. The molecular weight excluding hydrogens is 564 g/mol. The lowest BCUT2D eigenvalue weighted by Crippen LogP contribution is -2.47. The van der Waals surface area contributed by atoms with Crippen molar-refractivity contribution in [3.63, 3.8) is 0 Å². The van der Waals surface area contributed by atoms with Crippen LogP contribution < -0.4 is 5.32 Å². The van der Waals surface area contributed by atoms with E-state index >= 15 is 0 Å². The van der Waals surface area contributed by atoms with E-state index in [1.807, 2.05) is 93.6 Å². The molecule has 0 fully saturated rings. The number of carbonyl (C=O) groups is 2. The summed E-state index contributed by atoms with van der Waals surface area (Å²) in [5.74, 6) is -0.628. The van der Waals surface area contributed by atoms with Crippen LogP contribution in [0.2, 0.25) is 0 Å². The number of carbonyl (C=O) groups excluding carboxylic acids is 2. The number of benzene rings is 3. The standard InChI is InChI=1S/C34H44N2O6S/c1-25(2)22-36(43(39,40)32-27(4)20-26(3)21-28(32)5)31(33(37)41-23-29-14-8-6-9-15-29)18-12-13-19-35-34(38)42-24-30-16-10-7-11-17-30/h6-11,14-17,20-21,25,31H,12-13,18-19,22-24H2,1-5H3,(H,35,38)/t31-/m0/s1. The minimum Gasteiger partial charge on any atom is -0.460 e. The van der Waals surface area contributed by atoms with Gasteiger partial charge in [-0.05, 0) is 68.2 Å². The van der Waals surface area contributed by atoms with E-state index in [1.165, 1.54) is 4.31 Å². The van der Waals surface area contributed by atoms with Crippen LogP contribution in [-0.4, -0.2) is 43.9 Å². The van der Waals surface area contributed by atoms with Gasteiger partial charge in [0.15, 0.2) is 0 Å². The summed E-state index contributed by atoms with van der Waals surface area (Å²) in [5, 5.41) is 2.73. The molecule has 0 aliphatic heterocycles. The Labute approximate surface area is 256 Å². The van der Waals surface area contributed by atoms with Gasteiger partial charge in [0.25, 0.3) is 0 Å². The molecule has 0 aromatic heterocycles. The first kappa shape index (κ1) is 33.8. The molecule has 43 heavy (non-hydrogen) atoms. The molecule has 0 heterocycles. The summed E-state index contributed by atoms with van der Waals surface area (Å²) in [7, 11) is -4.05. The summed E-state index contributed by atoms with van der Waals surface area (Å²) in [5.41, 5.74) is 3.95. The Morgan fingerprint density at radius 1 is 0.814 bits per heavy atom. The number of unbranched alkanes of at least 4 members (excludes halogenated alkanes) is 1. The number of nitrogens with zero attached hydrogens (tertiary/aromatic N) is 1. The van der Waals surface area contributed by atoms with Crippen molar-refractivity contribution in [2.24, 2.45) is 5.92 Å². The summed E-state index contributed by atoms with van der Waals surface area (Å²) >= 11 is 0. The van der Waals surface area contributed by atoms with Crippen molar-refractivity contribution in [1.82, 2.24) is 9.62 Å². The number of aryl methyl sites for hydroxylation is 3. The summed E-state index contributed by atoms with van der Waals surface area (Å²) in [6, 6.07) is 21.4. The Kier molecular flexibility index (Phi) is 12.8. The van der Waals surface area contributed by atoms with Gasteiger partial charge in [0.05, 0.1) is 4.90 Å². The fourth-order valence-electron chi connectivity index (χ4n) is 5.08. The molecule has 0 radical (unpaired) electrons. The van der Waals surface area contributed by atoms with Crippen molar-refractivity contribution in [1.29, 1.82) is 0 Å². The van der Waals surface area contributed by atoms with Gasteiger partial charge in [-0.3, -0.25) is 4.79 Å². The Bertz CT molecular complexity index is 1420. The van der Waals surface area contributed by atoms with Gasteiger partial charge in [-0.15, -0.1) is 0 Å². The number of ether oxygens (including phenoxy) is 2.